The van der Waals surface area contributed by atoms with E-state index in [1.54, 1.807) is 11.8 Å². The van der Waals surface area contributed by atoms with E-state index in [0.717, 1.165) is 38.0 Å². The smallest absolute Gasteiger partial charge is 0.244 e. The number of thioether (sulfide) groups is 1. The molecule has 1 N–H and O–H groups in total. The predicted octanol–water partition coefficient (Wildman–Crippen LogP) is 3.10. The Morgan fingerprint density at radius 2 is 1.95 bits per heavy atom. The first-order chi connectivity index (χ1) is 10.2. The van der Waals surface area contributed by atoms with Crippen LogP contribution in [0.15, 0.2) is 24.3 Å². The van der Waals surface area contributed by atoms with Crippen LogP contribution < -0.4 is 5.32 Å². The van der Waals surface area contributed by atoms with Gasteiger partial charge in [-0.25, -0.2) is 0 Å². The Morgan fingerprint density at radius 1 is 1.29 bits per heavy atom. The molecular weight excluding hydrogens is 280 g/mol. The second-order valence-corrected chi connectivity index (χ2v) is 7.22. The molecule has 3 nitrogen and oxygen atoms in total. The minimum absolute atomic E-state index is 0.0448. The number of carbonyl (C=O) groups excluding carboxylic acids is 1. The molecule has 1 aliphatic carbocycles. The van der Waals surface area contributed by atoms with Gasteiger partial charge < -0.3 is 4.90 Å². The SMILES string of the molecule is CSCCN1C(=O)C2(CCCC2)NC1c1ccc(C)cc1. The number of nitrogens with zero attached hydrogens (tertiary/aromatic N) is 1. The second kappa shape index (κ2) is 6.01. The quantitative estimate of drug-likeness (QED) is 0.927. The monoisotopic (exact) mass is 304 g/mol. The molecule has 1 amide bonds. The molecule has 2 aliphatic rings. The summed E-state index contributed by atoms with van der Waals surface area (Å²) in [6.45, 7) is 2.92. The van der Waals surface area contributed by atoms with Crippen molar-refractivity contribution >= 4 is 17.7 Å². The molecule has 114 valence electrons. The molecule has 0 radical (unpaired) electrons. The molecular formula is C17H24N2OS. The van der Waals surface area contributed by atoms with Crippen molar-refractivity contribution in [1.82, 2.24) is 10.2 Å². The van der Waals surface area contributed by atoms with E-state index in [-0.39, 0.29) is 11.7 Å². The number of nitrogens with one attached hydrogen (secondary N) is 1. The first kappa shape index (κ1) is 14.9. The van der Waals surface area contributed by atoms with E-state index in [0.29, 0.717) is 5.91 Å². The fourth-order valence-corrected chi connectivity index (χ4v) is 3.94. The minimum atomic E-state index is -0.284. The van der Waals surface area contributed by atoms with Gasteiger partial charge in [0.25, 0.3) is 0 Å². The summed E-state index contributed by atoms with van der Waals surface area (Å²) in [6, 6.07) is 8.57. The lowest BCUT2D eigenvalue weighted by Crippen LogP contribution is -2.44. The minimum Gasteiger partial charge on any atom is -0.320 e. The molecule has 4 heteroatoms. The third-order valence-corrected chi connectivity index (χ3v) is 5.37. The Kier molecular flexibility index (Phi) is 4.27. The van der Waals surface area contributed by atoms with Gasteiger partial charge in [-0.15, -0.1) is 0 Å². The number of hydrogen-bond donors (Lipinski definition) is 1. The zero-order valence-corrected chi connectivity index (χ0v) is 13.7. The average molecular weight is 304 g/mol. The van der Waals surface area contributed by atoms with Gasteiger partial charge in [-0.1, -0.05) is 42.7 Å². The molecule has 2 fully saturated rings. The highest BCUT2D eigenvalue weighted by Gasteiger charge is 2.52. The van der Waals surface area contributed by atoms with Crippen LogP contribution in [-0.2, 0) is 4.79 Å². The first-order valence-electron chi connectivity index (χ1n) is 7.80. The summed E-state index contributed by atoms with van der Waals surface area (Å²) in [5, 5.41) is 3.68. The Labute approximate surface area is 131 Å². The summed E-state index contributed by atoms with van der Waals surface area (Å²) in [5.41, 5.74) is 2.18. The molecule has 1 spiro atoms. The second-order valence-electron chi connectivity index (χ2n) is 6.24. The van der Waals surface area contributed by atoms with Crippen molar-refractivity contribution in [3.63, 3.8) is 0 Å². The number of aryl methyl sites for hydroxylation is 1. The largest absolute Gasteiger partial charge is 0.320 e. The lowest BCUT2D eigenvalue weighted by molar-refractivity contribution is -0.133. The lowest BCUT2D eigenvalue weighted by Gasteiger charge is -2.24. The van der Waals surface area contributed by atoms with Gasteiger partial charge in [0.1, 0.15) is 6.17 Å². The van der Waals surface area contributed by atoms with Gasteiger partial charge in [0.05, 0.1) is 5.54 Å². The van der Waals surface area contributed by atoms with Crippen LogP contribution >= 0.6 is 11.8 Å². The van der Waals surface area contributed by atoms with Crippen molar-refractivity contribution in [2.75, 3.05) is 18.6 Å². The van der Waals surface area contributed by atoms with Crippen LogP contribution in [0.4, 0.5) is 0 Å². The summed E-state index contributed by atoms with van der Waals surface area (Å²) in [5.74, 6) is 1.31. The van der Waals surface area contributed by atoms with Crippen molar-refractivity contribution in [3.05, 3.63) is 35.4 Å². The Morgan fingerprint density at radius 3 is 2.57 bits per heavy atom. The molecule has 0 bridgehead atoms. The maximum atomic E-state index is 12.9. The van der Waals surface area contributed by atoms with Crippen LogP contribution in [0.5, 0.6) is 0 Å². The molecule has 21 heavy (non-hydrogen) atoms. The molecule has 1 aliphatic heterocycles. The fourth-order valence-electron chi connectivity index (χ4n) is 3.56. The molecule has 1 aromatic rings. The van der Waals surface area contributed by atoms with Crippen molar-refractivity contribution in [2.45, 2.75) is 44.3 Å². The van der Waals surface area contributed by atoms with Crippen molar-refractivity contribution in [2.24, 2.45) is 0 Å². The zero-order valence-electron chi connectivity index (χ0n) is 12.9. The standard InChI is InChI=1S/C17H24N2OS/c1-13-5-7-14(8-6-13)15-18-17(9-3-4-10-17)16(20)19(15)11-12-21-2/h5-8,15,18H,3-4,9-12H2,1-2H3. The molecule has 1 atom stereocenters. The highest BCUT2D eigenvalue weighted by atomic mass is 32.2. The van der Waals surface area contributed by atoms with Gasteiger partial charge in [0.15, 0.2) is 0 Å². The van der Waals surface area contributed by atoms with E-state index in [4.69, 9.17) is 0 Å². The summed E-state index contributed by atoms with van der Waals surface area (Å²) < 4.78 is 0. The molecule has 3 rings (SSSR count). The number of amides is 1. The van der Waals surface area contributed by atoms with Crippen LogP contribution in [0, 0.1) is 6.92 Å². The van der Waals surface area contributed by atoms with Gasteiger partial charge in [-0.2, -0.15) is 11.8 Å². The van der Waals surface area contributed by atoms with Gasteiger partial charge in [0.2, 0.25) is 5.91 Å². The first-order valence-corrected chi connectivity index (χ1v) is 9.20. The van der Waals surface area contributed by atoms with Crippen LogP contribution in [0.3, 0.4) is 0 Å². The summed E-state index contributed by atoms with van der Waals surface area (Å²) in [4.78, 5) is 15.0. The van der Waals surface area contributed by atoms with E-state index >= 15 is 0 Å². The Hall–Kier alpha value is -1.00. The third kappa shape index (κ3) is 2.71. The van der Waals surface area contributed by atoms with Gasteiger partial charge >= 0.3 is 0 Å². The normalized spacial score (nSPS) is 24.2. The molecule has 1 saturated heterocycles. The van der Waals surface area contributed by atoms with Crippen molar-refractivity contribution in [3.8, 4) is 0 Å². The summed E-state index contributed by atoms with van der Waals surface area (Å²) in [7, 11) is 0. The maximum Gasteiger partial charge on any atom is 0.244 e. The van der Waals surface area contributed by atoms with E-state index in [2.05, 4.69) is 47.7 Å². The van der Waals surface area contributed by atoms with Gasteiger partial charge in [0, 0.05) is 12.3 Å². The summed E-state index contributed by atoms with van der Waals surface area (Å²) in [6.07, 6.45) is 6.45. The number of carbonyl (C=O) groups is 1. The fraction of sp³-hybridized carbons (Fsp3) is 0.588. The van der Waals surface area contributed by atoms with Crippen LogP contribution in [0.2, 0.25) is 0 Å². The number of hydrogen-bond acceptors (Lipinski definition) is 3. The van der Waals surface area contributed by atoms with Crippen molar-refractivity contribution in [1.29, 1.82) is 0 Å². The summed E-state index contributed by atoms with van der Waals surface area (Å²) >= 11 is 1.80. The highest BCUT2D eigenvalue weighted by molar-refractivity contribution is 7.98. The molecule has 1 heterocycles. The molecule has 0 aromatic heterocycles. The molecule has 1 saturated carbocycles. The molecule has 1 unspecified atom stereocenters. The highest BCUT2D eigenvalue weighted by Crippen LogP contribution is 2.40. The zero-order chi connectivity index (χ0) is 14.9. The van der Waals surface area contributed by atoms with E-state index < -0.39 is 0 Å². The van der Waals surface area contributed by atoms with Crippen LogP contribution in [-0.4, -0.2) is 34.9 Å². The maximum absolute atomic E-state index is 12.9. The van der Waals surface area contributed by atoms with Gasteiger partial charge in [-0.3, -0.25) is 10.1 Å². The molecule has 1 aromatic carbocycles. The average Bonchev–Trinajstić information content (AvgIpc) is 3.06. The van der Waals surface area contributed by atoms with E-state index in [1.165, 1.54) is 11.1 Å². The Bertz CT molecular complexity index is 508. The Balaban J connectivity index is 1.88. The van der Waals surface area contributed by atoms with E-state index in [9.17, 15) is 4.79 Å². The third-order valence-electron chi connectivity index (χ3n) is 4.78. The lowest BCUT2D eigenvalue weighted by atomic mass is 9.98. The van der Waals surface area contributed by atoms with E-state index in [1.807, 2.05) is 0 Å². The number of benzene rings is 1. The van der Waals surface area contributed by atoms with Gasteiger partial charge in [-0.05, 0) is 31.6 Å². The topological polar surface area (TPSA) is 32.3 Å². The van der Waals surface area contributed by atoms with Crippen LogP contribution in [0.1, 0.15) is 43.0 Å². The van der Waals surface area contributed by atoms with Crippen LogP contribution in [0.25, 0.3) is 0 Å². The predicted molar refractivity (Wildman–Crippen MR) is 88.3 cm³/mol. The number of rotatable bonds is 4. The van der Waals surface area contributed by atoms with Crippen molar-refractivity contribution < 1.29 is 4.79 Å².